The number of hydrogen-bond donors (Lipinski definition) is 1. The summed E-state index contributed by atoms with van der Waals surface area (Å²) in [5, 5.41) is 9.76. The molecule has 1 rings (SSSR count). The molecule has 0 aromatic heterocycles. The van der Waals surface area contributed by atoms with E-state index in [9.17, 15) is 9.90 Å². The van der Waals surface area contributed by atoms with Crippen LogP contribution in [0.1, 0.15) is 72.1 Å². The standard InChI is InChI=1S/C16H32O2Si/c1-4-7-13-16(15(17)18,19(5-2)6-3)14-11-9-8-10-12-14/h14,19H,4-13H2,1-3H3,(H,17,18). The van der Waals surface area contributed by atoms with E-state index in [2.05, 4.69) is 20.8 Å². The first-order chi connectivity index (χ1) is 9.13. The van der Waals surface area contributed by atoms with Gasteiger partial charge in [-0.15, -0.1) is 0 Å². The van der Waals surface area contributed by atoms with Gasteiger partial charge in [0, 0.05) is 0 Å². The third-order valence-electron chi connectivity index (χ3n) is 5.39. The van der Waals surface area contributed by atoms with Crippen molar-refractivity contribution in [3.05, 3.63) is 0 Å². The van der Waals surface area contributed by atoms with E-state index in [1.54, 1.807) is 0 Å². The molecule has 3 heteroatoms. The fourth-order valence-corrected chi connectivity index (χ4v) is 8.30. The summed E-state index contributed by atoms with van der Waals surface area (Å²) in [7, 11) is -1.21. The van der Waals surface area contributed by atoms with Crippen molar-refractivity contribution in [2.75, 3.05) is 0 Å². The van der Waals surface area contributed by atoms with Gasteiger partial charge in [0.2, 0.25) is 0 Å². The molecular formula is C16H32O2Si. The lowest BCUT2D eigenvalue weighted by atomic mass is 9.77. The number of carboxylic acids is 1. The molecule has 1 fully saturated rings. The maximum Gasteiger partial charge on any atom is 0.306 e. The first-order valence-electron chi connectivity index (χ1n) is 8.36. The zero-order valence-corrected chi connectivity index (χ0v) is 14.2. The number of hydrogen-bond acceptors (Lipinski definition) is 1. The van der Waals surface area contributed by atoms with Crippen molar-refractivity contribution in [2.24, 2.45) is 5.92 Å². The van der Waals surface area contributed by atoms with E-state index in [4.69, 9.17) is 0 Å². The molecule has 1 N–H and O–H groups in total. The number of carboxylic acid groups (broad SMARTS) is 1. The minimum absolute atomic E-state index is 0.306. The predicted molar refractivity (Wildman–Crippen MR) is 84.5 cm³/mol. The smallest absolute Gasteiger partial charge is 0.306 e. The summed E-state index contributed by atoms with van der Waals surface area (Å²) in [6.45, 7) is 6.64. The number of rotatable bonds is 8. The van der Waals surface area contributed by atoms with Crippen molar-refractivity contribution in [3.8, 4) is 0 Å². The van der Waals surface area contributed by atoms with Gasteiger partial charge < -0.3 is 5.11 Å². The van der Waals surface area contributed by atoms with Crippen LogP contribution in [0.2, 0.25) is 17.1 Å². The van der Waals surface area contributed by atoms with Gasteiger partial charge >= 0.3 is 5.97 Å². The van der Waals surface area contributed by atoms with Gasteiger partial charge in [-0.25, -0.2) is 0 Å². The van der Waals surface area contributed by atoms with Crippen molar-refractivity contribution in [2.45, 2.75) is 89.3 Å². The van der Waals surface area contributed by atoms with E-state index in [0.29, 0.717) is 5.92 Å². The topological polar surface area (TPSA) is 37.3 Å². The fourth-order valence-electron chi connectivity index (χ4n) is 4.30. The Labute approximate surface area is 120 Å². The molecule has 0 heterocycles. The average Bonchev–Trinajstić information content (AvgIpc) is 2.44. The van der Waals surface area contributed by atoms with Crippen molar-refractivity contribution in [1.82, 2.24) is 0 Å². The van der Waals surface area contributed by atoms with Crippen molar-refractivity contribution < 1.29 is 9.90 Å². The normalized spacial score (nSPS) is 20.4. The second-order valence-corrected chi connectivity index (χ2v) is 10.4. The second-order valence-electron chi connectivity index (χ2n) is 6.30. The van der Waals surface area contributed by atoms with Gasteiger partial charge in [-0.3, -0.25) is 4.79 Å². The SMILES string of the molecule is CCCCC(C(=O)O)(C1CCCCC1)[SiH](CC)CC. The van der Waals surface area contributed by atoms with Crippen molar-refractivity contribution >= 4 is 14.8 Å². The summed E-state index contributed by atoms with van der Waals surface area (Å²) in [5.41, 5.74) is 0. The Balaban J connectivity index is 3.04. The van der Waals surface area contributed by atoms with Gasteiger partial charge in [-0.2, -0.15) is 0 Å². The molecule has 2 nitrogen and oxygen atoms in total. The Kier molecular flexibility index (Phi) is 7.12. The molecule has 0 spiro atoms. The van der Waals surface area contributed by atoms with Crippen LogP contribution in [-0.2, 0) is 4.79 Å². The summed E-state index contributed by atoms with van der Waals surface area (Å²) >= 11 is 0. The third kappa shape index (κ3) is 3.62. The second kappa shape index (κ2) is 8.08. The molecule has 1 unspecified atom stereocenters. The van der Waals surface area contributed by atoms with E-state index in [0.717, 1.165) is 31.4 Å². The number of unbranched alkanes of at least 4 members (excludes halogenated alkanes) is 1. The summed E-state index contributed by atoms with van der Waals surface area (Å²) in [4.78, 5) is 12.2. The lowest BCUT2D eigenvalue weighted by Crippen LogP contribution is -2.45. The van der Waals surface area contributed by atoms with Crippen LogP contribution in [0.5, 0.6) is 0 Å². The van der Waals surface area contributed by atoms with E-state index in [1.807, 2.05) is 0 Å². The highest BCUT2D eigenvalue weighted by Gasteiger charge is 2.50. The molecule has 0 amide bonds. The summed E-state index contributed by atoms with van der Waals surface area (Å²) in [6.07, 6.45) is 9.30. The molecule has 0 aromatic carbocycles. The molecule has 1 atom stereocenters. The zero-order valence-electron chi connectivity index (χ0n) is 13.1. The minimum Gasteiger partial charge on any atom is -0.481 e. The molecular weight excluding hydrogens is 252 g/mol. The zero-order chi connectivity index (χ0) is 14.3. The largest absolute Gasteiger partial charge is 0.481 e. The highest BCUT2D eigenvalue weighted by atomic mass is 28.3. The summed E-state index contributed by atoms with van der Waals surface area (Å²) < 4.78 is 0. The molecule has 1 saturated carbocycles. The predicted octanol–water partition coefficient (Wildman–Crippen LogP) is 4.85. The Morgan fingerprint density at radius 3 is 2.16 bits per heavy atom. The van der Waals surface area contributed by atoms with Gasteiger partial charge in [-0.1, -0.05) is 65.0 Å². The Morgan fingerprint density at radius 1 is 1.16 bits per heavy atom. The van der Waals surface area contributed by atoms with Gasteiger partial charge in [0.15, 0.2) is 0 Å². The summed E-state index contributed by atoms with van der Waals surface area (Å²) in [5.74, 6) is 0.0232. The maximum atomic E-state index is 12.2. The van der Waals surface area contributed by atoms with Crippen LogP contribution in [0.25, 0.3) is 0 Å². The van der Waals surface area contributed by atoms with E-state index < -0.39 is 14.8 Å². The van der Waals surface area contributed by atoms with Crippen molar-refractivity contribution in [3.63, 3.8) is 0 Å². The Bertz CT molecular complexity index is 270. The number of carbonyl (C=O) groups is 1. The van der Waals surface area contributed by atoms with Crippen LogP contribution in [0.15, 0.2) is 0 Å². The third-order valence-corrected chi connectivity index (χ3v) is 9.83. The fraction of sp³-hybridized carbons (Fsp3) is 0.938. The van der Waals surface area contributed by atoms with Crippen LogP contribution in [0.4, 0.5) is 0 Å². The highest BCUT2D eigenvalue weighted by molar-refractivity contribution is 6.66. The lowest BCUT2D eigenvalue weighted by Gasteiger charge is -2.44. The van der Waals surface area contributed by atoms with Gasteiger partial charge in [-0.05, 0) is 25.2 Å². The van der Waals surface area contributed by atoms with E-state index in [1.165, 1.54) is 32.1 Å². The first-order valence-corrected chi connectivity index (χ1v) is 10.6. The monoisotopic (exact) mass is 284 g/mol. The van der Waals surface area contributed by atoms with Gasteiger partial charge in [0.25, 0.3) is 0 Å². The average molecular weight is 285 g/mol. The maximum absolute atomic E-state index is 12.2. The van der Waals surface area contributed by atoms with E-state index in [-0.39, 0.29) is 5.04 Å². The molecule has 0 saturated heterocycles. The molecule has 19 heavy (non-hydrogen) atoms. The van der Waals surface area contributed by atoms with Crippen LogP contribution in [0.3, 0.4) is 0 Å². The van der Waals surface area contributed by atoms with Crippen molar-refractivity contribution in [1.29, 1.82) is 0 Å². The quantitative estimate of drug-likeness (QED) is 0.647. The van der Waals surface area contributed by atoms with E-state index >= 15 is 0 Å². The molecule has 0 bridgehead atoms. The highest BCUT2D eigenvalue weighted by Crippen LogP contribution is 2.52. The van der Waals surface area contributed by atoms with Gasteiger partial charge in [0.1, 0.15) is 0 Å². The van der Waals surface area contributed by atoms with Crippen LogP contribution in [-0.4, -0.2) is 19.9 Å². The lowest BCUT2D eigenvalue weighted by molar-refractivity contribution is -0.143. The Hall–Kier alpha value is -0.313. The van der Waals surface area contributed by atoms with Crippen LogP contribution < -0.4 is 0 Å². The van der Waals surface area contributed by atoms with Gasteiger partial charge in [0.05, 0.1) is 13.8 Å². The molecule has 0 aromatic rings. The minimum atomic E-state index is -1.21. The molecule has 112 valence electrons. The Morgan fingerprint density at radius 2 is 1.74 bits per heavy atom. The number of aliphatic carboxylic acids is 1. The molecule has 0 aliphatic heterocycles. The first kappa shape index (κ1) is 16.7. The molecule has 1 aliphatic carbocycles. The van der Waals surface area contributed by atoms with Crippen LogP contribution in [0, 0.1) is 5.92 Å². The van der Waals surface area contributed by atoms with Crippen LogP contribution >= 0.6 is 0 Å². The molecule has 0 radical (unpaired) electrons. The molecule has 1 aliphatic rings. The summed E-state index contributed by atoms with van der Waals surface area (Å²) in [6, 6.07) is 2.28.